The summed E-state index contributed by atoms with van der Waals surface area (Å²) >= 11 is 5.77. The maximum absolute atomic E-state index is 12.2. The second kappa shape index (κ2) is 6.30. The number of aromatic hydroxyl groups is 1. The molecule has 0 unspecified atom stereocenters. The lowest BCUT2D eigenvalue weighted by molar-refractivity contribution is -0.386. The van der Waals surface area contributed by atoms with Gasteiger partial charge in [-0.25, -0.2) is 13.1 Å². The van der Waals surface area contributed by atoms with Crippen LogP contribution in [0.2, 0.25) is 5.02 Å². The number of rotatable bonds is 5. The van der Waals surface area contributed by atoms with Gasteiger partial charge in [0.25, 0.3) is 0 Å². The predicted octanol–water partition coefficient (Wildman–Crippen LogP) is 2.43. The van der Waals surface area contributed by atoms with E-state index < -0.39 is 31.3 Å². The average Bonchev–Trinajstić information content (AvgIpc) is 2.46. The summed E-state index contributed by atoms with van der Waals surface area (Å²) in [5.41, 5.74) is -0.0448. The zero-order chi connectivity index (χ0) is 16.3. The first-order valence-electron chi connectivity index (χ1n) is 6.02. The van der Waals surface area contributed by atoms with Gasteiger partial charge >= 0.3 is 5.69 Å². The Labute approximate surface area is 131 Å². The van der Waals surface area contributed by atoms with Crippen molar-refractivity contribution in [1.82, 2.24) is 4.72 Å². The van der Waals surface area contributed by atoms with Gasteiger partial charge in [0, 0.05) is 12.6 Å². The molecule has 0 bridgehead atoms. The fraction of sp³-hybridized carbons (Fsp3) is 0.0769. The van der Waals surface area contributed by atoms with Crippen LogP contribution in [0.4, 0.5) is 5.69 Å². The molecule has 0 heterocycles. The van der Waals surface area contributed by atoms with Crippen LogP contribution in [-0.2, 0) is 16.6 Å². The number of nitrogens with zero attached hydrogens (tertiary/aromatic N) is 1. The number of phenolic OH excluding ortho intramolecular Hbond substituents is 1. The van der Waals surface area contributed by atoms with E-state index in [1.165, 1.54) is 0 Å². The minimum atomic E-state index is -4.21. The van der Waals surface area contributed by atoms with Crippen molar-refractivity contribution in [1.29, 1.82) is 0 Å². The van der Waals surface area contributed by atoms with Gasteiger partial charge in [0.2, 0.25) is 15.8 Å². The predicted molar refractivity (Wildman–Crippen MR) is 80.2 cm³/mol. The molecule has 0 aliphatic heterocycles. The number of hydrogen-bond acceptors (Lipinski definition) is 5. The minimum absolute atomic E-state index is 0.0400. The second-order valence-electron chi connectivity index (χ2n) is 4.31. The molecule has 0 atom stereocenters. The van der Waals surface area contributed by atoms with E-state index in [-0.39, 0.29) is 11.6 Å². The van der Waals surface area contributed by atoms with Crippen LogP contribution in [0.5, 0.6) is 5.75 Å². The van der Waals surface area contributed by atoms with Crippen molar-refractivity contribution in [2.75, 3.05) is 0 Å². The lowest BCUT2D eigenvalue weighted by atomic mass is 10.2. The van der Waals surface area contributed by atoms with Crippen LogP contribution in [0.1, 0.15) is 5.56 Å². The largest absolute Gasteiger partial charge is 0.501 e. The van der Waals surface area contributed by atoms with Crippen LogP contribution in [0.3, 0.4) is 0 Å². The van der Waals surface area contributed by atoms with Crippen LogP contribution in [0.25, 0.3) is 0 Å². The van der Waals surface area contributed by atoms with E-state index in [4.69, 9.17) is 11.6 Å². The highest BCUT2D eigenvalue weighted by Crippen LogP contribution is 2.37. The SMILES string of the molecule is O=[N+]([O-])c1ccc(Cl)c(S(=O)(=O)NCc2ccccc2)c1O. The van der Waals surface area contributed by atoms with Gasteiger partial charge in [0.15, 0.2) is 0 Å². The maximum atomic E-state index is 12.2. The van der Waals surface area contributed by atoms with Crippen LogP contribution >= 0.6 is 11.6 Å². The summed E-state index contributed by atoms with van der Waals surface area (Å²) in [7, 11) is -4.21. The standard InChI is InChI=1S/C13H11ClN2O5S/c14-10-6-7-11(16(18)19)12(17)13(10)22(20,21)15-8-9-4-2-1-3-5-9/h1-7,15,17H,8H2. The normalized spacial score (nSPS) is 11.3. The van der Waals surface area contributed by atoms with Crippen molar-refractivity contribution in [3.8, 4) is 5.75 Å². The van der Waals surface area contributed by atoms with Crippen LogP contribution < -0.4 is 4.72 Å². The summed E-state index contributed by atoms with van der Waals surface area (Å²) in [6, 6.07) is 10.7. The Morgan fingerprint density at radius 1 is 1.18 bits per heavy atom. The Morgan fingerprint density at radius 3 is 2.41 bits per heavy atom. The van der Waals surface area contributed by atoms with Gasteiger partial charge in [-0.1, -0.05) is 41.9 Å². The molecule has 0 saturated heterocycles. The maximum Gasteiger partial charge on any atom is 0.312 e. The van der Waals surface area contributed by atoms with Crippen LogP contribution in [0, 0.1) is 10.1 Å². The molecule has 9 heteroatoms. The van der Waals surface area contributed by atoms with Crippen molar-refractivity contribution in [3.63, 3.8) is 0 Å². The molecule has 7 nitrogen and oxygen atoms in total. The summed E-state index contributed by atoms with van der Waals surface area (Å²) in [6.07, 6.45) is 0. The fourth-order valence-electron chi connectivity index (χ4n) is 1.79. The number of sulfonamides is 1. The molecular formula is C13H11ClN2O5S. The molecule has 0 aliphatic rings. The third-order valence-electron chi connectivity index (χ3n) is 2.84. The highest BCUT2D eigenvalue weighted by Gasteiger charge is 2.28. The summed E-state index contributed by atoms with van der Waals surface area (Å²) in [5.74, 6) is -0.988. The number of nitro groups is 1. The number of nitro benzene ring substituents is 1. The first kappa shape index (κ1) is 16.2. The highest BCUT2D eigenvalue weighted by molar-refractivity contribution is 7.89. The summed E-state index contributed by atoms with van der Waals surface area (Å²) in [6.45, 7) is -0.0400. The topological polar surface area (TPSA) is 110 Å². The fourth-order valence-corrected chi connectivity index (χ4v) is 3.43. The van der Waals surface area contributed by atoms with Crippen LogP contribution in [0.15, 0.2) is 47.4 Å². The van der Waals surface area contributed by atoms with Crippen molar-refractivity contribution in [3.05, 3.63) is 63.2 Å². The lowest BCUT2D eigenvalue weighted by Crippen LogP contribution is -2.23. The molecule has 0 saturated carbocycles. The zero-order valence-corrected chi connectivity index (χ0v) is 12.6. The van der Waals surface area contributed by atoms with Crippen LogP contribution in [-0.4, -0.2) is 18.4 Å². The molecule has 2 N–H and O–H groups in total. The second-order valence-corrected chi connectivity index (χ2v) is 6.42. The quantitative estimate of drug-likeness (QED) is 0.640. The minimum Gasteiger partial charge on any atom is -0.501 e. The van der Waals surface area contributed by atoms with Gasteiger partial charge < -0.3 is 5.11 Å². The summed E-state index contributed by atoms with van der Waals surface area (Å²) in [4.78, 5) is 9.18. The number of nitrogens with one attached hydrogen (secondary N) is 1. The first-order valence-corrected chi connectivity index (χ1v) is 7.88. The third-order valence-corrected chi connectivity index (χ3v) is 4.74. The number of benzene rings is 2. The number of hydrogen-bond donors (Lipinski definition) is 2. The molecule has 22 heavy (non-hydrogen) atoms. The summed E-state index contributed by atoms with van der Waals surface area (Å²) < 4.78 is 26.7. The molecule has 0 amide bonds. The molecule has 2 rings (SSSR count). The van der Waals surface area contributed by atoms with Crippen molar-refractivity contribution < 1.29 is 18.4 Å². The van der Waals surface area contributed by atoms with Gasteiger partial charge in [-0.3, -0.25) is 10.1 Å². The highest BCUT2D eigenvalue weighted by atomic mass is 35.5. The van der Waals surface area contributed by atoms with E-state index in [9.17, 15) is 23.6 Å². The van der Waals surface area contributed by atoms with Gasteiger partial charge in [-0.05, 0) is 11.6 Å². The van der Waals surface area contributed by atoms with E-state index in [2.05, 4.69) is 4.72 Å². The smallest absolute Gasteiger partial charge is 0.312 e. The Hall–Kier alpha value is -2.16. The van der Waals surface area contributed by atoms with Gasteiger partial charge in [-0.15, -0.1) is 0 Å². The molecule has 0 radical (unpaired) electrons. The Kier molecular flexibility index (Phi) is 4.65. The van der Waals surface area contributed by atoms with Crippen molar-refractivity contribution >= 4 is 27.3 Å². The van der Waals surface area contributed by atoms with E-state index in [0.717, 1.165) is 12.1 Å². The molecule has 0 aromatic heterocycles. The van der Waals surface area contributed by atoms with Crippen molar-refractivity contribution in [2.45, 2.75) is 11.4 Å². The zero-order valence-electron chi connectivity index (χ0n) is 11.1. The van der Waals surface area contributed by atoms with Gasteiger partial charge in [0.1, 0.15) is 4.90 Å². The molecule has 0 spiro atoms. The van der Waals surface area contributed by atoms with E-state index in [0.29, 0.717) is 5.56 Å². The first-order chi connectivity index (χ1) is 10.3. The lowest BCUT2D eigenvalue weighted by Gasteiger charge is -2.10. The molecule has 2 aromatic rings. The van der Waals surface area contributed by atoms with E-state index in [1.807, 2.05) is 0 Å². The van der Waals surface area contributed by atoms with E-state index >= 15 is 0 Å². The van der Waals surface area contributed by atoms with Gasteiger partial charge in [0.05, 0.1) is 9.95 Å². The third kappa shape index (κ3) is 3.35. The molecular weight excluding hydrogens is 332 g/mol. The molecule has 116 valence electrons. The number of halogens is 1. The molecule has 2 aromatic carbocycles. The average molecular weight is 343 g/mol. The Morgan fingerprint density at radius 2 is 1.82 bits per heavy atom. The number of phenols is 1. The van der Waals surface area contributed by atoms with Gasteiger partial charge in [-0.2, -0.15) is 0 Å². The Bertz CT molecular complexity index is 809. The van der Waals surface area contributed by atoms with Crippen molar-refractivity contribution in [2.24, 2.45) is 0 Å². The molecule has 0 fully saturated rings. The summed E-state index contributed by atoms with van der Waals surface area (Å²) in [5, 5.41) is 20.3. The Balaban J connectivity index is 2.37. The monoisotopic (exact) mass is 342 g/mol. The van der Waals surface area contributed by atoms with E-state index in [1.54, 1.807) is 30.3 Å². The molecule has 0 aliphatic carbocycles.